The maximum atomic E-state index is 5.99. The van der Waals surface area contributed by atoms with E-state index in [1.165, 1.54) is 12.8 Å². The van der Waals surface area contributed by atoms with E-state index in [9.17, 15) is 0 Å². The zero-order chi connectivity index (χ0) is 17.5. The Hall–Kier alpha value is -1.30. The average molecular weight is 366 g/mol. The molecule has 0 aliphatic carbocycles. The Morgan fingerprint density at radius 2 is 2.36 bits per heavy atom. The fourth-order valence-electron chi connectivity index (χ4n) is 3.55. The molecule has 2 aliphatic rings. The number of hydrogen-bond donors (Lipinski definition) is 1. The highest BCUT2D eigenvalue weighted by molar-refractivity contribution is 6.30. The van der Waals surface area contributed by atoms with E-state index in [1.807, 2.05) is 24.3 Å². The van der Waals surface area contributed by atoms with Crippen molar-refractivity contribution in [2.45, 2.75) is 26.4 Å². The highest BCUT2D eigenvalue weighted by Gasteiger charge is 2.42. The standard InChI is InChI=1S/C19H28ClN3O2/c1-2-21-18(23-9-6-19(14-23)7-10-25-15-19)22-8-11-24-13-16-4-3-5-17(20)12-16/h3-5,12H,2,6-11,13-15H2,1H3,(H,21,22). The molecule has 6 heteroatoms. The van der Waals surface area contributed by atoms with Crippen LogP contribution >= 0.6 is 11.6 Å². The van der Waals surface area contributed by atoms with Gasteiger partial charge < -0.3 is 19.7 Å². The first kappa shape index (κ1) is 18.5. The molecule has 1 unspecified atom stereocenters. The second-order valence-corrected chi connectivity index (χ2v) is 7.33. The molecule has 1 atom stereocenters. The summed E-state index contributed by atoms with van der Waals surface area (Å²) < 4.78 is 11.3. The molecule has 0 radical (unpaired) electrons. The van der Waals surface area contributed by atoms with E-state index >= 15 is 0 Å². The molecule has 5 nitrogen and oxygen atoms in total. The summed E-state index contributed by atoms with van der Waals surface area (Å²) in [6, 6.07) is 7.77. The number of rotatable bonds is 6. The number of likely N-dealkylation sites (tertiary alicyclic amines) is 1. The van der Waals surface area contributed by atoms with Gasteiger partial charge in [-0.05, 0) is 37.5 Å². The zero-order valence-corrected chi connectivity index (χ0v) is 15.7. The number of benzene rings is 1. The number of hydrogen-bond acceptors (Lipinski definition) is 3. The Balaban J connectivity index is 1.46. The summed E-state index contributed by atoms with van der Waals surface area (Å²) in [6.07, 6.45) is 2.37. The van der Waals surface area contributed by atoms with Crippen LogP contribution < -0.4 is 5.32 Å². The second kappa shape index (κ2) is 8.88. The number of nitrogens with zero attached hydrogens (tertiary/aromatic N) is 2. The number of ether oxygens (including phenoxy) is 2. The van der Waals surface area contributed by atoms with Crippen LogP contribution in [-0.4, -0.2) is 56.9 Å². The highest BCUT2D eigenvalue weighted by Crippen LogP contribution is 2.38. The highest BCUT2D eigenvalue weighted by atomic mass is 35.5. The number of halogens is 1. The van der Waals surface area contributed by atoms with E-state index < -0.39 is 0 Å². The van der Waals surface area contributed by atoms with Gasteiger partial charge in [-0.15, -0.1) is 0 Å². The van der Waals surface area contributed by atoms with Gasteiger partial charge in [-0.25, -0.2) is 0 Å². The van der Waals surface area contributed by atoms with E-state index in [2.05, 4.69) is 17.1 Å². The Kier molecular flexibility index (Phi) is 6.57. The van der Waals surface area contributed by atoms with Gasteiger partial charge in [0.15, 0.2) is 5.96 Å². The molecule has 25 heavy (non-hydrogen) atoms. The van der Waals surface area contributed by atoms with E-state index in [4.69, 9.17) is 26.1 Å². The van der Waals surface area contributed by atoms with Gasteiger partial charge in [-0.3, -0.25) is 4.99 Å². The minimum Gasteiger partial charge on any atom is -0.381 e. The van der Waals surface area contributed by atoms with Crippen LogP contribution in [0.5, 0.6) is 0 Å². The minimum absolute atomic E-state index is 0.346. The molecule has 0 amide bonds. The van der Waals surface area contributed by atoms with Crippen molar-refractivity contribution in [3.63, 3.8) is 0 Å². The quantitative estimate of drug-likeness (QED) is 0.478. The summed E-state index contributed by atoms with van der Waals surface area (Å²) in [6.45, 7) is 8.70. The number of nitrogens with one attached hydrogen (secondary N) is 1. The van der Waals surface area contributed by atoms with Gasteiger partial charge in [0.2, 0.25) is 0 Å². The molecule has 2 saturated heterocycles. The minimum atomic E-state index is 0.346. The van der Waals surface area contributed by atoms with Gasteiger partial charge >= 0.3 is 0 Å². The van der Waals surface area contributed by atoms with Crippen molar-refractivity contribution in [3.8, 4) is 0 Å². The Morgan fingerprint density at radius 3 is 3.12 bits per heavy atom. The fourth-order valence-corrected chi connectivity index (χ4v) is 3.76. The largest absolute Gasteiger partial charge is 0.381 e. The van der Waals surface area contributed by atoms with Crippen LogP contribution in [0.1, 0.15) is 25.3 Å². The van der Waals surface area contributed by atoms with Crippen molar-refractivity contribution in [2.24, 2.45) is 10.4 Å². The van der Waals surface area contributed by atoms with Crippen LogP contribution in [0.3, 0.4) is 0 Å². The van der Waals surface area contributed by atoms with Crippen LogP contribution in [0.2, 0.25) is 5.02 Å². The van der Waals surface area contributed by atoms with Crippen molar-refractivity contribution in [2.75, 3.05) is 46.0 Å². The first-order chi connectivity index (χ1) is 12.2. The van der Waals surface area contributed by atoms with Gasteiger partial charge in [0, 0.05) is 36.7 Å². The van der Waals surface area contributed by atoms with Crippen LogP contribution in [0.25, 0.3) is 0 Å². The van der Waals surface area contributed by atoms with Crippen molar-refractivity contribution in [1.29, 1.82) is 0 Å². The molecule has 3 rings (SSSR count). The molecule has 1 spiro atoms. The zero-order valence-electron chi connectivity index (χ0n) is 15.0. The molecule has 1 aromatic carbocycles. The smallest absolute Gasteiger partial charge is 0.194 e. The molecule has 138 valence electrons. The summed E-state index contributed by atoms with van der Waals surface area (Å²) in [4.78, 5) is 7.11. The van der Waals surface area contributed by atoms with Gasteiger partial charge in [0.05, 0.1) is 26.4 Å². The van der Waals surface area contributed by atoms with Crippen LogP contribution in [0, 0.1) is 5.41 Å². The summed E-state index contributed by atoms with van der Waals surface area (Å²) in [5, 5.41) is 4.15. The van der Waals surface area contributed by atoms with E-state index in [0.717, 1.165) is 49.4 Å². The van der Waals surface area contributed by atoms with Crippen molar-refractivity contribution < 1.29 is 9.47 Å². The van der Waals surface area contributed by atoms with Gasteiger partial charge in [-0.1, -0.05) is 23.7 Å². The third kappa shape index (κ3) is 5.09. The maximum Gasteiger partial charge on any atom is 0.194 e. The topological polar surface area (TPSA) is 46.1 Å². The summed E-state index contributed by atoms with van der Waals surface area (Å²) in [7, 11) is 0. The maximum absolute atomic E-state index is 5.99. The van der Waals surface area contributed by atoms with Crippen molar-refractivity contribution in [1.82, 2.24) is 10.2 Å². The predicted molar refractivity (Wildman–Crippen MR) is 101 cm³/mol. The Bertz CT molecular complexity index is 588. The molecule has 2 aliphatic heterocycles. The van der Waals surface area contributed by atoms with Crippen molar-refractivity contribution in [3.05, 3.63) is 34.9 Å². The Morgan fingerprint density at radius 1 is 1.44 bits per heavy atom. The summed E-state index contributed by atoms with van der Waals surface area (Å²) in [5.41, 5.74) is 1.44. The van der Waals surface area contributed by atoms with Gasteiger partial charge in [0.1, 0.15) is 0 Å². The lowest BCUT2D eigenvalue weighted by Crippen LogP contribution is -2.41. The molecule has 2 heterocycles. The van der Waals surface area contributed by atoms with Crippen molar-refractivity contribution >= 4 is 17.6 Å². The number of aliphatic imine (C=N–C) groups is 1. The lowest BCUT2D eigenvalue weighted by atomic mass is 9.87. The Labute approximate surface area is 155 Å². The third-order valence-electron chi connectivity index (χ3n) is 4.91. The molecule has 0 saturated carbocycles. The molecular formula is C19H28ClN3O2. The van der Waals surface area contributed by atoms with Gasteiger partial charge in [0.25, 0.3) is 0 Å². The average Bonchev–Trinajstić information content (AvgIpc) is 3.24. The van der Waals surface area contributed by atoms with Crippen LogP contribution in [0.15, 0.2) is 29.3 Å². The van der Waals surface area contributed by atoms with E-state index in [0.29, 0.717) is 25.2 Å². The number of guanidine groups is 1. The third-order valence-corrected chi connectivity index (χ3v) is 5.15. The van der Waals surface area contributed by atoms with Gasteiger partial charge in [-0.2, -0.15) is 0 Å². The molecule has 1 aromatic rings. The molecule has 2 fully saturated rings. The normalized spacial score (nSPS) is 23.6. The fraction of sp³-hybridized carbons (Fsp3) is 0.632. The monoisotopic (exact) mass is 365 g/mol. The molecule has 0 bridgehead atoms. The second-order valence-electron chi connectivity index (χ2n) is 6.89. The molecule has 1 N–H and O–H groups in total. The molecular weight excluding hydrogens is 338 g/mol. The van der Waals surface area contributed by atoms with E-state index in [-0.39, 0.29) is 0 Å². The summed E-state index contributed by atoms with van der Waals surface area (Å²) in [5.74, 6) is 0.998. The van der Waals surface area contributed by atoms with Crippen LogP contribution in [-0.2, 0) is 16.1 Å². The predicted octanol–water partition coefficient (Wildman–Crippen LogP) is 2.93. The SMILES string of the molecule is CCNC(=NCCOCc1cccc(Cl)c1)N1CCC2(CCOC2)C1. The van der Waals surface area contributed by atoms with Crippen LogP contribution in [0.4, 0.5) is 0 Å². The first-order valence-corrected chi connectivity index (χ1v) is 9.52. The van der Waals surface area contributed by atoms with E-state index in [1.54, 1.807) is 0 Å². The lowest BCUT2D eigenvalue weighted by molar-refractivity contribution is 0.128. The lowest BCUT2D eigenvalue weighted by Gasteiger charge is -2.25. The molecule has 0 aromatic heterocycles. The first-order valence-electron chi connectivity index (χ1n) is 9.14. The summed E-state index contributed by atoms with van der Waals surface area (Å²) >= 11 is 5.99.